The van der Waals surface area contributed by atoms with Crippen LogP contribution in [0.3, 0.4) is 0 Å². The van der Waals surface area contributed by atoms with Crippen LogP contribution in [-0.4, -0.2) is 11.2 Å². The number of hydrogen-bond acceptors (Lipinski definition) is 2. The van der Waals surface area contributed by atoms with Crippen molar-refractivity contribution in [2.45, 2.75) is 45.3 Å². The zero-order valence-electron chi connectivity index (χ0n) is 9.83. The van der Waals surface area contributed by atoms with Crippen molar-refractivity contribution in [2.24, 2.45) is 0 Å². The van der Waals surface area contributed by atoms with Gasteiger partial charge in [0.15, 0.2) is 0 Å². The summed E-state index contributed by atoms with van der Waals surface area (Å²) in [6.45, 7) is 6.30. The minimum absolute atomic E-state index is 0.0956. The SMILES string of the molecule is CCC1Oc2c(C(C)C)cc(Br)cc2C1O. The minimum atomic E-state index is -0.491. The van der Waals surface area contributed by atoms with E-state index in [4.69, 9.17) is 4.74 Å². The Kier molecular flexibility index (Phi) is 3.27. The van der Waals surface area contributed by atoms with Gasteiger partial charge >= 0.3 is 0 Å². The highest BCUT2D eigenvalue weighted by molar-refractivity contribution is 9.10. The quantitative estimate of drug-likeness (QED) is 0.896. The Bertz CT molecular complexity index is 401. The maximum absolute atomic E-state index is 10.1. The van der Waals surface area contributed by atoms with Gasteiger partial charge < -0.3 is 9.84 Å². The van der Waals surface area contributed by atoms with E-state index in [2.05, 4.69) is 35.8 Å². The fraction of sp³-hybridized carbons (Fsp3) is 0.538. The Morgan fingerprint density at radius 1 is 1.44 bits per heavy atom. The fourth-order valence-corrected chi connectivity index (χ4v) is 2.64. The molecule has 2 atom stereocenters. The molecule has 16 heavy (non-hydrogen) atoms. The number of aliphatic hydroxyl groups is 1. The van der Waals surface area contributed by atoms with Crippen LogP contribution >= 0.6 is 15.9 Å². The van der Waals surface area contributed by atoms with Crippen molar-refractivity contribution in [3.05, 3.63) is 27.7 Å². The van der Waals surface area contributed by atoms with Gasteiger partial charge in [0.25, 0.3) is 0 Å². The summed E-state index contributed by atoms with van der Waals surface area (Å²) in [6, 6.07) is 4.04. The summed E-state index contributed by atoms with van der Waals surface area (Å²) >= 11 is 3.49. The lowest BCUT2D eigenvalue weighted by molar-refractivity contribution is 0.0649. The summed E-state index contributed by atoms with van der Waals surface area (Å²) in [6.07, 6.45) is 0.238. The van der Waals surface area contributed by atoms with Crippen LogP contribution in [0.5, 0.6) is 5.75 Å². The predicted molar refractivity (Wildman–Crippen MR) is 67.9 cm³/mol. The van der Waals surface area contributed by atoms with Crippen LogP contribution in [0.15, 0.2) is 16.6 Å². The molecule has 0 saturated heterocycles. The second-order valence-electron chi connectivity index (χ2n) is 4.58. The lowest BCUT2D eigenvalue weighted by Crippen LogP contribution is -2.16. The molecule has 0 spiro atoms. The zero-order valence-corrected chi connectivity index (χ0v) is 11.4. The summed E-state index contributed by atoms with van der Waals surface area (Å²) in [5, 5.41) is 10.1. The minimum Gasteiger partial charge on any atom is -0.487 e. The molecule has 0 saturated carbocycles. The molecule has 2 unspecified atom stereocenters. The second kappa shape index (κ2) is 4.38. The first-order valence-electron chi connectivity index (χ1n) is 5.72. The summed E-state index contributed by atoms with van der Waals surface area (Å²) in [5.74, 6) is 1.28. The highest BCUT2D eigenvalue weighted by Gasteiger charge is 2.34. The number of ether oxygens (including phenoxy) is 1. The molecular weight excluding hydrogens is 268 g/mol. The summed E-state index contributed by atoms with van der Waals surface area (Å²) < 4.78 is 6.85. The van der Waals surface area contributed by atoms with Crippen LogP contribution in [0.2, 0.25) is 0 Å². The van der Waals surface area contributed by atoms with Gasteiger partial charge in [-0.25, -0.2) is 0 Å². The van der Waals surface area contributed by atoms with Crippen LogP contribution in [0.4, 0.5) is 0 Å². The van der Waals surface area contributed by atoms with E-state index in [1.54, 1.807) is 0 Å². The molecule has 1 heterocycles. The van der Waals surface area contributed by atoms with Gasteiger partial charge in [0.05, 0.1) is 0 Å². The molecule has 1 aliphatic rings. The van der Waals surface area contributed by atoms with E-state index in [0.29, 0.717) is 5.92 Å². The third-order valence-corrected chi connectivity index (χ3v) is 3.53. The highest BCUT2D eigenvalue weighted by atomic mass is 79.9. The van der Waals surface area contributed by atoms with Gasteiger partial charge in [-0.15, -0.1) is 0 Å². The molecule has 0 bridgehead atoms. The van der Waals surface area contributed by atoms with Gasteiger partial charge in [-0.1, -0.05) is 36.7 Å². The van der Waals surface area contributed by atoms with E-state index >= 15 is 0 Å². The van der Waals surface area contributed by atoms with Gasteiger partial charge in [-0.3, -0.25) is 0 Å². The monoisotopic (exact) mass is 284 g/mol. The van der Waals surface area contributed by atoms with Crippen molar-refractivity contribution in [3.8, 4) is 5.75 Å². The number of fused-ring (bicyclic) bond motifs is 1. The van der Waals surface area contributed by atoms with Crippen molar-refractivity contribution < 1.29 is 9.84 Å². The molecule has 2 rings (SSSR count). The second-order valence-corrected chi connectivity index (χ2v) is 5.49. The molecule has 0 aliphatic carbocycles. The van der Waals surface area contributed by atoms with E-state index in [9.17, 15) is 5.11 Å². The third kappa shape index (κ3) is 1.87. The molecule has 88 valence electrons. The topological polar surface area (TPSA) is 29.5 Å². The average molecular weight is 285 g/mol. The molecule has 1 aromatic carbocycles. The smallest absolute Gasteiger partial charge is 0.129 e. The Morgan fingerprint density at radius 2 is 2.12 bits per heavy atom. The highest BCUT2D eigenvalue weighted by Crippen LogP contribution is 2.44. The molecule has 1 aliphatic heterocycles. The van der Waals surface area contributed by atoms with E-state index in [1.165, 1.54) is 5.56 Å². The average Bonchev–Trinajstić information content (AvgIpc) is 2.55. The molecule has 0 aromatic heterocycles. The molecule has 0 amide bonds. The van der Waals surface area contributed by atoms with Gasteiger partial charge in [0.1, 0.15) is 18.0 Å². The molecule has 0 fully saturated rings. The van der Waals surface area contributed by atoms with Crippen molar-refractivity contribution >= 4 is 15.9 Å². The number of aliphatic hydroxyl groups excluding tert-OH is 1. The molecule has 3 heteroatoms. The summed E-state index contributed by atoms with van der Waals surface area (Å²) in [4.78, 5) is 0. The number of benzene rings is 1. The molecule has 1 aromatic rings. The van der Waals surface area contributed by atoms with Crippen LogP contribution in [0.25, 0.3) is 0 Å². The first kappa shape index (κ1) is 11.9. The van der Waals surface area contributed by atoms with E-state index in [1.807, 2.05) is 13.0 Å². The molecule has 1 N–H and O–H groups in total. The Labute approximate surface area is 105 Å². The summed E-state index contributed by atoms with van der Waals surface area (Å²) in [5.41, 5.74) is 2.09. The molecule has 0 radical (unpaired) electrons. The maximum atomic E-state index is 10.1. The first-order chi connectivity index (χ1) is 7.54. The standard InChI is InChI=1S/C13H17BrO2/c1-4-11-12(15)10-6-8(14)5-9(7(2)3)13(10)16-11/h5-7,11-12,15H,4H2,1-3H3. The van der Waals surface area contributed by atoms with Gasteiger partial charge in [0, 0.05) is 10.0 Å². The van der Waals surface area contributed by atoms with Crippen LogP contribution in [-0.2, 0) is 0 Å². The number of rotatable bonds is 2. The van der Waals surface area contributed by atoms with Gasteiger partial charge in [-0.2, -0.15) is 0 Å². The van der Waals surface area contributed by atoms with Crippen molar-refractivity contribution in [1.82, 2.24) is 0 Å². The lowest BCUT2D eigenvalue weighted by Gasteiger charge is -2.13. The maximum Gasteiger partial charge on any atom is 0.129 e. The van der Waals surface area contributed by atoms with E-state index in [-0.39, 0.29) is 6.10 Å². The predicted octanol–water partition coefficient (Wildman–Crippen LogP) is 3.78. The third-order valence-electron chi connectivity index (χ3n) is 3.08. The van der Waals surface area contributed by atoms with E-state index in [0.717, 1.165) is 22.2 Å². The lowest BCUT2D eigenvalue weighted by atomic mass is 9.97. The molecule has 2 nitrogen and oxygen atoms in total. The van der Waals surface area contributed by atoms with Crippen molar-refractivity contribution in [1.29, 1.82) is 0 Å². The number of hydrogen-bond donors (Lipinski definition) is 1. The summed E-state index contributed by atoms with van der Waals surface area (Å²) in [7, 11) is 0. The van der Waals surface area contributed by atoms with Crippen molar-refractivity contribution in [3.63, 3.8) is 0 Å². The van der Waals surface area contributed by atoms with Crippen LogP contribution in [0.1, 0.15) is 50.3 Å². The Morgan fingerprint density at radius 3 is 2.69 bits per heavy atom. The Hall–Kier alpha value is -0.540. The number of halogens is 1. The molecular formula is C13H17BrO2. The van der Waals surface area contributed by atoms with Gasteiger partial charge in [0.2, 0.25) is 0 Å². The van der Waals surface area contributed by atoms with E-state index < -0.39 is 6.10 Å². The fourth-order valence-electron chi connectivity index (χ4n) is 2.14. The zero-order chi connectivity index (χ0) is 11.9. The van der Waals surface area contributed by atoms with Crippen molar-refractivity contribution in [2.75, 3.05) is 0 Å². The van der Waals surface area contributed by atoms with Crippen LogP contribution < -0.4 is 4.74 Å². The largest absolute Gasteiger partial charge is 0.487 e. The van der Waals surface area contributed by atoms with Crippen LogP contribution in [0, 0.1) is 0 Å². The Balaban J connectivity index is 2.51. The first-order valence-corrected chi connectivity index (χ1v) is 6.52. The van der Waals surface area contributed by atoms with Gasteiger partial charge in [-0.05, 0) is 30.0 Å². The normalized spacial score (nSPS) is 23.4.